The molecule has 0 amide bonds. The van der Waals surface area contributed by atoms with E-state index in [1.807, 2.05) is 0 Å². The molecule has 0 bridgehead atoms. The van der Waals surface area contributed by atoms with Gasteiger partial charge in [0.05, 0.1) is 24.2 Å². The number of aromatic nitrogens is 4. The molecule has 23 heavy (non-hydrogen) atoms. The minimum atomic E-state index is -1.07. The average molecular weight is 314 g/mol. The smallest absolute Gasteiger partial charge is 0.338 e. The van der Waals surface area contributed by atoms with Crippen LogP contribution in [0.3, 0.4) is 0 Å². The van der Waals surface area contributed by atoms with Gasteiger partial charge in [0.2, 0.25) is 0 Å². The second-order valence-electron chi connectivity index (χ2n) is 4.61. The van der Waals surface area contributed by atoms with E-state index in [1.54, 1.807) is 12.1 Å². The van der Waals surface area contributed by atoms with Crippen LogP contribution in [0, 0.1) is 5.82 Å². The highest BCUT2D eigenvalue weighted by atomic mass is 19.1. The molecular formula is C15H11FN4O3. The van der Waals surface area contributed by atoms with Crippen LogP contribution in [0.2, 0.25) is 0 Å². The Labute approximate surface area is 130 Å². The molecule has 0 radical (unpaired) electrons. The van der Waals surface area contributed by atoms with E-state index in [4.69, 9.17) is 9.84 Å². The highest BCUT2D eigenvalue weighted by molar-refractivity contribution is 5.86. The predicted molar refractivity (Wildman–Crippen MR) is 76.8 cm³/mol. The van der Waals surface area contributed by atoms with Crippen molar-refractivity contribution in [3.8, 4) is 11.7 Å². The molecule has 0 spiro atoms. The van der Waals surface area contributed by atoms with Crippen LogP contribution in [-0.2, 0) is 6.61 Å². The number of hydrogen-bond acceptors (Lipinski definition) is 5. The van der Waals surface area contributed by atoms with Gasteiger partial charge in [-0.25, -0.2) is 23.8 Å². The first kappa shape index (κ1) is 14.6. The van der Waals surface area contributed by atoms with Crippen LogP contribution in [0.1, 0.15) is 15.9 Å². The molecule has 116 valence electrons. The summed E-state index contributed by atoms with van der Waals surface area (Å²) in [5.41, 5.74) is 0.860. The summed E-state index contributed by atoms with van der Waals surface area (Å²) in [6, 6.07) is 5.97. The van der Waals surface area contributed by atoms with Crippen molar-refractivity contribution < 1.29 is 19.0 Å². The van der Waals surface area contributed by atoms with E-state index in [0.717, 1.165) is 5.56 Å². The molecule has 0 aliphatic rings. The van der Waals surface area contributed by atoms with Crippen molar-refractivity contribution >= 4 is 5.97 Å². The lowest BCUT2D eigenvalue weighted by molar-refractivity contribution is 0.0697. The number of benzene rings is 1. The third kappa shape index (κ3) is 3.49. The molecule has 3 aromatic rings. The summed E-state index contributed by atoms with van der Waals surface area (Å²) in [5.74, 6) is -0.716. The van der Waals surface area contributed by atoms with Crippen molar-refractivity contribution in [3.63, 3.8) is 0 Å². The third-order valence-corrected chi connectivity index (χ3v) is 2.97. The number of carbonyl (C=O) groups is 1. The lowest BCUT2D eigenvalue weighted by Gasteiger charge is -2.06. The fraction of sp³-hybridized carbons (Fsp3) is 0.0667. The Hall–Kier alpha value is -3.29. The Kier molecular flexibility index (Phi) is 3.96. The monoisotopic (exact) mass is 314 g/mol. The molecule has 0 aliphatic heterocycles. The maximum absolute atomic E-state index is 12.8. The number of aromatic carboxylic acids is 1. The second-order valence-corrected chi connectivity index (χ2v) is 4.61. The van der Waals surface area contributed by atoms with Gasteiger partial charge in [-0.3, -0.25) is 0 Å². The van der Waals surface area contributed by atoms with Gasteiger partial charge in [-0.05, 0) is 17.7 Å². The van der Waals surface area contributed by atoms with Crippen molar-refractivity contribution in [2.45, 2.75) is 6.61 Å². The number of hydrogen-bond donors (Lipinski definition) is 1. The summed E-state index contributed by atoms with van der Waals surface area (Å²) in [4.78, 5) is 18.9. The SMILES string of the molecule is O=C(O)c1cnn(-c2ncc(OCc3ccc(F)cc3)cn2)c1. The summed E-state index contributed by atoms with van der Waals surface area (Å²) in [7, 11) is 0. The van der Waals surface area contributed by atoms with Crippen LogP contribution < -0.4 is 4.74 Å². The van der Waals surface area contributed by atoms with Crippen LogP contribution in [0.25, 0.3) is 5.95 Å². The Morgan fingerprint density at radius 1 is 1.17 bits per heavy atom. The molecule has 0 fully saturated rings. The Morgan fingerprint density at radius 2 is 1.87 bits per heavy atom. The van der Waals surface area contributed by atoms with Crippen LogP contribution in [0.5, 0.6) is 5.75 Å². The van der Waals surface area contributed by atoms with Crippen molar-refractivity contribution in [2.24, 2.45) is 0 Å². The number of carboxylic acid groups (broad SMARTS) is 1. The molecule has 0 unspecified atom stereocenters. The van der Waals surface area contributed by atoms with Gasteiger partial charge in [-0.1, -0.05) is 12.1 Å². The van der Waals surface area contributed by atoms with Gasteiger partial charge >= 0.3 is 5.97 Å². The van der Waals surface area contributed by atoms with Gasteiger partial charge in [-0.2, -0.15) is 5.10 Å². The standard InChI is InChI=1S/C15H11FN4O3/c16-12-3-1-10(2-4-12)9-23-13-6-17-15(18-7-13)20-8-11(5-19-20)14(21)22/h1-8H,9H2,(H,21,22). The summed E-state index contributed by atoms with van der Waals surface area (Å²) in [6.07, 6.45) is 5.43. The van der Waals surface area contributed by atoms with Crippen molar-refractivity contribution in [1.29, 1.82) is 0 Å². The first-order valence-electron chi connectivity index (χ1n) is 6.59. The molecule has 7 nitrogen and oxygen atoms in total. The number of nitrogens with zero attached hydrogens (tertiary/aromatic N) is 4. The fourth-order valence-corrected chi connectivity index (χ4v) is 1.79. The van der Waals surface area contributed by atoms with Crippen LogP contribution in [-0.4, -0.2) is 30.8 Å². The number of halogens is 1. The Bertz CT molecular complexity index is 815. The Balaban J connectivity index is 1.66. The molecule has 0 aliphatic carbocycles. The fourth-order valence-electron chi connectivity index (χ4n) is 1.79. The molecule has 3 rings (SSSR count). The van der Waals surface area contributed by atoms with E-state index in [-0.39, 0.29) is 23.9 Å². The van der Waals surface area contributed by atoms with Gasteiger partial charge in [0.25, 0.3) is 5.95 Å². The van der Waals surface area contributed by atoms with Crippen LogP contribution >= 0.6 is 0 Å². The lowest BCUT2D eigenvalue weighted by atomic mass is 10.2. The van der Waals surface area contributed by atoms with Gasteiger partial charge < -0.3 is 9.84 Å². The molecule has 0 saturated heterocycles. The van der Waals surface area contributed by atoms with Crippen LogP contribution in [0.15, 0.2) is 49.1 Å². The lowest BCUT2D eigenvalue weighted by Crippen LogP contribution is -2.03. The highest BCUT2D eigenvalue weighted by Crippen LogP contribution is 2.12. The molecule has 2 aromatic heterocycles. The zero-order chi connectivity index (χ0) is 16.2. The van der Waals surface area contributed by atoms with E-state index in [1.165, 1.54) is 41.6 Å². The van der Waals surface area contributed by atoms with Crippen molar-refractivity contribution in [2.75, 3.05) is 0 Å². The van der Waals surface area contributed by atoms with Crippen molar-refractivity contribution in [3.05, 3.63) is 66.0 Å². The summed E-state index contributed by atoms with van der Waals surface area (Å²) in [6.45, 7) is 0.258. The molecule has 2 heterocycles. The predicted octanol–water partition coefficient (Wildman–Crippen LogP) is 2.08. The van der Waals surface area contributed by atoms with E-state index < -0.39 is 5.97 Å². The van der Waals surface area contributed by atoms with Gasteiger partial charge in [-0.15, -0.1) is 0 Å². The first-order chi connectivity index (χ1) is 11.1. The summed E-state index contributed by atoms with van der Waals surface area (Å²) < 4.78 is 19.6. The zero-order valence-corrected chi connectivity index (χ0v) is 11.8. The minimum absolute atomic E-state index is 0.0465. The maximum Gasteiger partial charge on any atom is 0.338 e. The molecular weight excluding hydrogens is 303 g/mol. The highest BCUT2D eigenvalue weighted by Gasteiger charge is 2.09. The Morgan fingerprint density at radius 3 is 2.48 bits per heavy atom. The molecule has 0 saturated carbocycles. The topological polar surface area (TPSA) is 90.1 Å². The maximum atomic E-state index is 12.8. The average Bonchev–Trinajstić information content (AvgIpc) is 3.05. The van der Waals surface area contributed by atoms with Gasteiger partial charge in [0.15, 0.2) is 5.75 Å². The van der Waals surface area contributed by atoms with Gasteiger partial charge in [0.1, 0.15) is 12.4 Å². The molecule has 1 N–H and O–H groups in total. The van der Waals surface area contributed by atoms with Gasteiger partial charge in [0, 0.05) is 6.20 Å². The summed E-state index contributed by atoms with van der Waals surface area (Å²) >= 11 is 0. The molecule has 0 atom stereocenters. The van der Waals surface area contributed by atoms with E-state index >= 15 is 0 Å². The second kappa shape index (κ2) is 6.22. The van der Waals surface area contributed by atoms with E-state index in [9.17, 15) is 9.18 Å². The number of ether oxygens (including phenoxy) is 1. The zero-order valence-electron chi connectivity index (χ0n) is 11.8. The first-order valence-corrected chi connectivity index (χ1v) is 6.59. The number of carboxylic acids is 1. The molecule has 1 aromatic carbocycles. The normalized spacial score (nSPS) is 10.5. The van der Waals surface area contributed by atoms with Crippen molar-refractivity contribution in [1.82, 2.24) is 19.7 Å². The number of rotatable bonds is 5. The largest absolute Gasteiger partial charge is 0.486 e. The van der Waals surface area contributed by atoms with E-state index in [0.29, 0.717) is 5.75 Å². The summed E-state index contributed by atoms with van der Waals surface area (Å²) in [5, 5.41) is 12.7. The molecule has 8 heteroatoms. The minimum Gasteiger partial charge on any atom is -0.486 e. The van der Waals surface area contributed by atoms with Crippen LogP contribution in [0.4, 0.5) is 4.39 Å². The van der Waals surface area contributed by atoms with E-state index in [2.05, 4.69) is 15.1 Å². The quantitative estimate of drug-likeness (QED) is 0.775. The third-order valence-electron chi connectivity index (χ3n) is 2.97.